The van der Waals surface area contributed by atoms with E-state index in [9.17, 15) is 10.1 Å². The second-order valence-electron chi connectivity index (χ2n) is 7.13. The van der Waals surface area contributed by atoms with Gasteiger partial charge in [-0.3, -0.25) is 19.6 Å². The first kappa shape index (κ1) is 19.0. The van der Waals surface area contributed by atoms with E-state index in [2.05, 4.69) is 49.0 Å². The Morgan fingerprint density at radius 2 is 1.79 bits per heavy atom. The second-order valence-corrected chi connectivity index (χ2v) is 7.13. The van der Waals surface area contributed by atoms with Crippen molar-refractivity contribution in [2.24, 2.45) is 0 Å². The normalized spacial score (nSPS) is 14.9. The van der Waals surface area contributed by atoms with E-state index < -0.39 is 4.92 Å². The highest BCUT2D eigenvalue weighted by atomic mass is 16.6. The van der Waals surface area contributed by atoms with Gasteiger partial charge in [0.15, 0.2) is 0 Å². The van der Waals surface area contributed by atoms with Gasteiger partial charge in [-0.15, -0.1) is 0 Å². The predicted octanol–water partition coefficient (Wildman–Crippen LogP) is 2.51. The Bertz CT molecular complexity index is 1010. The molecule has 3 aromatic rings. The fourth-order valence-electron chi connectivity index (χ4n) is 3.61. The van der Waals surface area contributed by atoms with Crippen LogP contribution in [0, 0.1) is 24.0 Å². The lowest BCUT2D eigenvalue weighted by Crippen LogP contribution is -2.46. The minimum atomic E-state index is -0.425. The molecule has 1 aliphatic heterocycles. The smallest absolute Gasteiger partial charge is 0.333 e. The fourth-order valence-corrected chi connectivity index (χ4v) is 3.61. The molecule has 150 valence electrons. The van der Waals surface area contributed by atoms with Gasteiger partial charge in [0.25, 0.3) is 0 Å². The molecule has 0 unspecified atom stereocenters. The van der Waals surface area contributed by atoms with Gasteiger partial charge in [-0.25, -0.2) is 9.97 Å². The van der Waals surface area contributed by atoms with Crippen LogP contribution in [0.4, 0.5) is 11.6 Å². The molecule has 0 atom stereocenters. The summed E-state index contributed by atoms with van der Waals surface area (Å²) < 4.78 is 1.64. The van der Waals surface area contributed by atoms with Crippen LogP contribution in [-0.2, 0) is 6.54 Å². The number of hydrogen-bond donors (Lipinski definition) is 0. The summed E-state index contributed by atoms with van der Waals surface area (Å²) >= 11 is 0. The summed E-state index contributed by atoms with van der Waals surface area (Å²) in [6.07, 6.45) is 3.30. The van der Waals surface area contributed by atoms with Crippen molar-refractivity contribution in [2.45, 2.75) is 20.4 Å². The van der Waals surface area contributed by atoms with Gasteiger partial charge in [-0.2, -0.15) is 4.98 Å². The number of anilines is 1. The Morgan fingerprint density at radius 3 is 2.41 bits per heavy atom. The average Bonchev–Trinajstić information content (AvgIpc) is 3.14. The first-order valence-electron chi connectivity index (χ1n) is 9.57. The van der Waals surface area contributed by atoms with Gasteiger partial charge in [-0.1, -0.05) is 30.3 Å². The number of piperazine rings is 1. The Morgan fingerprint density at radius 1 is 1.07 bits per heavy atom. The van der Waals surface area contributed by atoms with Crippen molar-refractivity contribution in [1.82, 2.24) is 24.4 Å². The number of nitro groups is 1. The zero-order chi connectivity index (χ0) is 20.4. The molecule has 9 nitrogen and oxygen atoms in total. The number of aromatic nitrogens is 4. The molecule has 1 saturated heterocycles. The largest absolute Gasteiger partial charge is 0.338 e. The molecule has 2 aromatic heterocycles. The van der Waals surface area contributed by atoms with Crippen LogP contribution in [0.1, 0.15) is 17.1 Å². The average molecular weight is 393 g/mol. The van der Waals surface area contributed by atoms with Crippen LogP contribution < -0.4 is 4.90 Å². The van der Waals surface area contributed by atoms with Crippen LogP contribution in [0.5, 0.6) is 0 Å². The topological polar surface area (TPSA) is 93.2 Å². The third-order valence-electron chi connectivity index (χ3n) is 5.17. The molecule has 0 radical (unpaired) electrons. The molecule has 0 bridgehead atoms. The number of hydrogen-bond acceptors (Lipinski definition) is 7. The second kappa shape index (κ2) is 7.96. The lowest BCUT2D eigenvalue weighted by Gasteiger charge is -2.34. The Kier molecular flexibility index (Phi) is 5.22. The highest BCUT2D eigenvalue weighted by Gasteiger charge is 2.27. The summed E-state index contributed by atoms with van der Waals surface area (Å²) in [5.74, 6) is 1.43. The van der Waals surface area contributed by atoms with Crippen LogP contribution in [0.2, 0.25) is 0 Å². The molecular weight excluding hydrogens is 370 g/mol. The molecule has 1 aliphatic rings. The van der Waals surface area contributed by atoms with E-state index in [4.69, 9.17) is 0 Å². The molecule has 9 heteroatoms. The van der Waals surface area contributed by atoms with E-state index in [0.29, 0.717) is 17.5 Å². The lowest BCUT2D eigenvalue weighted by atomic mass is 10.2. The highest BCUT2D eigenvalue weighted by Crippen LogP contribution is 2.27. The van der Waals surface area contributed by atoms with Crippen molar-refractivity contribution in [3.05, 3.63) is 69.9 Å². The summed E-state index contributed by atoms with van der Waals surface area (Å²) in [4.78, 5) is 28.9. The molecule has 0 N–H and O–H groups in total. The quantitative estimate of drug-likeness (QED) is 0.486. The maximum atomic E-state index is 11.6. The van der Waals surface area contributed by atoms with Crippen molar-refractivity contribution in [3.8, 4) is 5.82 Å². The Hall–Kier alpha value is -3.33. The van der Waals surface area contributed by atoms with Crippen LogP contribution in [0.25, 0.3) is 5.82 Å². The van der Waals surface area contributed by atoms with Crippen molar-refractivity contribution in [2.75, 3.05) is 31.1 Å². The SMILES string of the molecule is Cc1nc(N2CCN(Cc3ccccc3)CC2)nc(-n2ccnc2C)c1[N+](=O)[O-]. The van der Waals surface area contributed by atoms with Gasteiger partial charge in [-0.05, 0) is 19.4 Å². The maximum absolute atomic E-state index is 11.6. The Labute approximate surface area is 168 Å². The van der Waals surface area contributed by atoms with E-state index in [1.807, 2.05) is 6.07 Å². The van der Waals surface area contributed by atoms with Gasteiger partial charge >= 0.3 is 5.69 Å². The lowest BCUT2D eigenvalue weighted by molar-refractivity contribution is -0.385. The van der Waals surface area contributed by atoms with E-state index >= 15 is 0 Å². The van der Waals surface area contributed by atoms with E-state index in [1.165, 1.54) is 5.56 Å². The number of rotatable bonds is 5. The zero-order valence-electron chi connectivity index (χ0n) is 16.5. The summed E-state index contributed by atoms with van der Waals surface area (Å²) in [6, 6.07) is 10.4. The number of nitrogens with zero attached hydrogens (tertiary/aromatic N) is 7. The van der Waals surface area contributed by atoms with Crippen LogP contribution in [0.3, 0.4) is 0 Å². The molecule has 4 rings (SSSR count). The predicted molar refractivity (Wildman–Crippen MR) is 109 cm³/mol. The standard InChI is InChI=1S/C20H23N7O2/c1-15-18(27(28)29)19(26-9-8-21-16(26)2)23-20(22-15)25-12-10-24(11-13-25)14-17-6-4-3-5-7-17/h3-9H,10-14H2,1-2H3. The van der Waals surface area contributed by atoms with Gasteiger partial charge in [0.1, 0.15) is 11.5 Å². The molecule has 0 spiro atoms. The first-order chi connectivity index (χ1) is 14.0. The molecule has 1 fully saturated rings. The minimum absolute atomic E-state index is 0.0856. The van der Waals surface area contributed by atoms with Crippen molar-refractivity contribution >= 4 is 11.6 Å². The van der Waals surface area contributed by atoms with Crippen LogP contribution >= 0.6 is 0 Å². The van der Waals surface area contributed by atoms with Gasteiger partial charge in [0, 0.05) is 45.1 Å². The summed E-state index contributed by atoms with van der Waals surface area (Å²) in [6.45, 7) is 7.67. The van der Waals surface area contributed by atoms with Crippen LogP contribution in [0.15, 0.2) is 42.7 Å². The van der Waals surface area contributed by atoms with E-state index in [1.54, 1.807) is 30.8 Å². The first-order valence-corrected chi connectivity index (χ1v) is 9.57. The third kappa shape index (κ3) is 3.95. The number of imidazole rings is 1. The molecule has 0 saturated carbocycles. The number of benzene rings is 1. The fraction of sp³-hybridized carbons (Fsp3) is 0.350. The molecule has 3 heterocycles. The van der Waals surface area contributed by atoms with Crippen LogP contribution in [-0.4, -0.2) is 55.5 Å². The van der Waals surface area contributed by atoms with Crippen molar-refractivity contribution < 1.29 is 4.92 Å². The Balaban J connectivity index is 1.56. The molecule has 29 heavy (non-hydrogen) atoms. The molecule has 0 aliphatic carbocycles. The molecular formula is C20H23N7O2. The zero-order valence-corrected chi connectivity index (χ0v) is 16.5. The molecule has 0 amide bonds. The highest BCUT2D eigenvalue weighted by molar-refractivity contribution is 5.54. The summed E-state index contributed by atoms with van der Waals surface area (Å²) in [5.41, 5.74) is 1.56. The van der Waals surface area contributed by atoms with Crippen molar-refractivity contribution in [3.63, 3.8) is 0 Å². The van der Waals surface area contributed by atoms with Gasteiger partial charge in [0.05, 0.1) is 4.92 Å². The van der Waals surface area contributed by atoms with E-state index in [0.717, 1.165) is 32.7 Å². The third-order valence-corrected chi connectivity index (χ3v) is 5.17. The van der Waals surface area contributed by atoms with E-state index in [-0.39, 0.29) is 11.5 Å². The number of aryl methyl sites for hydroxylation is 2. The summed E-state index contributed by atoms with van der Waals surface area (Å²) in [7, 11) is 0. The van der Waals surface area contributed by atoms with Gasteiger partial charge < -0.3 is 4.90 Å². The van der Waals surface area contributed by atoms with Crippen molar-refractivity contribution in [1.29, 1.82) is 0 Å². The molecule has 1 aromatic carbocycles. The minimum Gasteiger partial charge on any atom is -0.338 e. The summed E-state index contributed by atoms with van der Waals surface area (Å²) in [5, 5.41) is 11.6. The van der Waals surface area contributed by atoms with Gasteiger partial charge in [0.2, 0.25) is 11.8 Å². The monoisotopic (exact) mass is 393 g/mol. The maximum Gasteiger partial charge on any atom is 0.333 e.